The van der Waals surface area contributed by atoms with Gasteiger partial charge in [0.15, 0.2) is 11.5 Å². The van der Waals surface area contributed by atoms with E-state index in [1.165, 1.54) is 0 Å². The molecule has 1 rings (SSSR count). The van der Waals surface area contributed by atoms with Crippen molar-refractivity contribution in [3.63, 3.8) is 0 Å². The van der Waals surface area contributed by atoms with E-state index in [1.807, 2.05) is 6.92 Å². The van der Waals surface area contributed by atoms with E-state index in [1.54, 1.807) is 18.2 Å². The highest BCUT2D eigenvalue weighted by atomic mass is 35.5. The maximum absolute atomic E-state index is 9.29. The second-order valence-corrected chi connectivity index (χ2v) is 3.66. The average molecular weight is 246 g/mol. The van der Waals surface area contributed by atoms with Crippen LogP contribution in [0, 0.1) is 0 Å². The molecule has 0 bridgehead atoms. The first-order valence-corrected chi connectivity index (χ1v) is 5.48. The number of hydrogen-bond acceptors (Lipinski definition) is 4. The molecule has 90 valence electrons. The summed E-state index contributed by atoms with van der Waals surface area (Å²) < 4.78 is 10.7. The lowest BCUT2D eigenvalue weighted by molar-refractivity contribution is 0.112. The van der Waals surface area contributed by atoms with Crippen molar-refractivity contribution in [2.75, 3.05) is 19.8 Å². The number of aliphatic hydroxyl groups is 1. The number of nitrogens with two attached hydrogens (primary N) is 1. The Labute approximate surface area is 99.9 Å². The van der Waals surface area contributed by atoms with Gasteiger partial charge in [-0.2, -0.15) is 0 Å². The summed E-state index contributed by atoms with van der Waals surface area (Å²) in [4.78, 5) is 0. The molecule has 4 nitrogen and oxygen atoms in total. The van der Waals surface area contributed by atoms with E-state index in [4.69, 9.17) is 26.8 Å². The number of halogens is 1. The van der Waals surface area contributed by atoms with E-state index in [2.05, 4.69) is 0 Å². The molecule has 0 aromatic heterocycles. The second-order valence-electron chi connectivity index (χ2n) is 3.22. The van der Waals surface area contributed by atoms with Crippen molar-refractivity contribution in [2.45, 2.75) is 13.0 Å². The summed E-state index contributed by atoms with van der Waals surface area (Å²) in [6.07, 6.45) is -0.687. The summed E-state index contributed by atoms with van der Waals surface area (Å²) in [5.41, 5.74) is 5.28. The van der Waals surface area contributed by atoms with Crippen LogP contribution in [0.2, 0.25) is 5.02 Å². The van der Waals surface area contributed by atoms with E-state index < -0.39 is 6.10 Å². The van der Waals surface area contributed by atoms with Crippen LogP contribution in [0.5, 0.6) is 11.5 Å². The Hall–Kier alpha value is -0.970. The minimum absolute atomic E-state index is 0.122. The molecule has 0 amide bonds. The molecule has 0 fully saturated rings. The van der Waals surface area contributed by atoms with Crippen molar-refractivity contribution in [2.24, 2.45) is 5.73 Å². The number of ether oxygens (including phenoxy) is 2. The zero-order valence-electron chi connectivity index (χ0n) is 9.15. The third kappa shape index (κ3) is 3.89. The summed E-state index contributed by atoms with van der Waals surface area (Å²) in [5.74, 6) is 1.12. The number of aliphatic hydroxyl groups excluding tert-OH is 1. The monoisotopic (exact) mass is 245 g/mol. The van der Waals surface area contributed by atoms with Gasteiger partial charge in [0, 0.05) is 17.6 Å². The molecular weight excluding hydrogens is 230 g/mol. The molecule has 5 heteroatoms. The van der Waals surface area contributed by atoms with E-state index in [0.29, 0.717) is 23.1 Å². The highest BCUT2D eigenvalue weighted by Crippen LogP contribution is 2.30. The molecule has 0 aliphatic heterocycles. The van der Waals surface area contributed by atoms with Gasteiger partial charge in [-0.05, 0) is 19.1 Å². The fraction of sp³-hybridized carbons (Fsp3) is 0.455. The number of rotatable bonds is 6. The first-order chi connectivity index (χ1) is 7.67. The lowest BCUT2D eigenvalue weighted by Crippen LogP contribution is -2.26. The Morgan fingerprint density at radius 2 is 2.12 bits per heavy atom. The number of hydrogen-bond donors (Lipinski definition) is 2. The van der Waals surface area contributed by atoms with Crippen molar-refractivity contribution in [1.29, 1.82) is 0 Å². The maximum Gasteiger partial charge on any atom is 0.162 e. The highest BCUT2D eigenvalue weighted by Gasteiger charge is 2.08. The topological polar surface area (TPSA) is 64.7 Å². The molecule has 0 aliphatic carbocycles. The van der Waals surface area contributed by atoms with Gasteiger partial charge in [0.25, 0.3) is 0 Å². The Balaban J connectivity index is 2.71. The summed E-state index contributed by atoms with van der Waals surface area (Å²) in [6.45, 7) is 2.70. The predicted molar refractivity (Wildman–Crippen MR) is 63.2 cm³/mol. The van der Waals surface area contributed by atoms with Crippen LogP contribution in [0.15, 0.2) is 18.2 Å². The predicted octanol–water partition coefficient (Wildman–Crippen LogP) is 1.44. The maximum atomic E-state index is 9.29. The van der Waals surface area contributed by atoms with Crippen molar-refractivity contribution >= 4 is 11.6 Å². The van der Waals surface area contributed by atoms with Crippen molar-refractivity contribution < 1.29 is 14.6 Å². The molecule has 0 aliphatic rings. The van der Waals surface area contributed by atoms with Gasteiger partial charge < -0.3 is 20.3 Å². The molecule has 0 spiro atoms. The molecule has 3 N–H and O–H groups in total. The molecule has 1 aromatic carbocycles. The SMILES string of the molecule is CCOc1ccc(Cl)cc1OCC(O)CN. The molecule has 16 heavy (non-hydrogen) atoms. The first kappa shape index (κ1) is 13.1. The largest absolute Gasteiger partial charge is 0.490 e. The highest BCUT2D eigenvalue weighted by molar-refractivity contribution is 6.30. The quantitative estimate of drug-likeness (QED) is 0.796. The molecule has 1 unspecified atom stereocenters. The number of benzene rings is 1. The Morgan fingerprint density at radius 1 is 1.38 bits per heavy atom. The molecule has 1 aromatic rings. The van der Waals surface area contributed by atoms with E-state index in [-0.39, 0.29) is 13.2 Å². The molecule has 0 heterocycles. The van der Waals surface area contributed by atoms with Gasteiger partial charge in [0.05, 0.1) is 6.61 Å². The van der Waals surface area contributed by atoms with Gasteiger partial charge in [-0.25, -0.2) is 0 Å². The van der Waals surface area contributed by atoms with Crippen molar-refractivity contribution in [3.8, 4) is 11.5 Å². The lowest BCUT2D eigenvalue weighted by atomic mass is 10.3. The molecular formula is C11H16ClNO3. The van der Waals surface area contributed by atoms with Crippen LogP contribution in [0.4, 0.5) is 0 Å². The zero-order chi connectivity index (χ0) is 12.0. The normalized spacial score (nSPS) is 12.2. The average Bonchev–Trinajstić information content (AvgIpc) is 2.29. The second kappa shape index (κ2) is 6.58. The third-order valence-corrected chi connectivity index (χ3v) is 2.14. The third-order valence-electron chi connectivity index (χ3n) is 1.91. The van der Waals surface area contributed by atoms with Crippen molar-refractivity contribution in [3.05, 3.63) is 23.2 Å². The minimum atomic E-state index is -0.687. The van der Waals surface area contributed by atoms with Crippen LogP contribution < -0.4 is 15.2 Å². The van der Waals surface area contributed by atoms with Crippen LogP contribution in [-0.2, 0) is 0 Å². The van der Waals surface area contributed by atoms with E-state index in [0.717, 1.165) is 0 Å². The van der Waals surface area contributed by atoms with E-state index >= 15 is 0 Å². The first-order valence-electron chi connectivity index (χ1n) is 5.10. The minimum Gasteiger partial charge on any atom is -0.490 e. The lowest BCUT2D eigenvalue weighted by Gasteiger charge is -2.14. The molecule has 0 radical (unpaired) electrons. The summed E-state index contributed by atoms with van der Waals surface area (Å²) in [6, 6.07) is 5.10. The zero-order valence-corrected chi connectivity index (χ0v) is 9.91. The van der Waals surface area contributed by atoms with Gasteiger partial charge in [0.2, 0.25) is 0 Å². The Kier molecular flexibility index (Phi) is 5.38. The Morgan fingerprint density at radius 3 is 2.75 bits per heavy atom. The molecule has 0 saturated heterocycles. The summed E-state index contributed by atoms with van der Waals surface area (Å²) >= 11 is 5.84. The van der Waals surface area contributed by atoms with Gasteiger partial charge in [-0.15, -0.1) is 0 Å². The van der Waals surface area contributed by atoms with Gasteiger partial charge in [0.1, 0.15) is 12.7 Å². The van der Waals surface area contributed by atoms with Gasteiger partial charge in [-0.3, -0.25) is 0 Å². The van der Waals surface area contributed by atoms with Crippen LogP contribution in [0.25, 0.3) is 0 Å². The standard InChI is InChI=1S/C11H16ClNO3/c1-2-15-10-4-3-8(12)5-11(10)16-7-9(14)6-13/h3-5,9,14H,2,6-7,13H2,1H3. The molecule has 0 saturated carbocycles. The van der Waals surface area contributed by atoms with Crippen LogP contribution in [0.3, 0.4) is 0 Å². The van der Waals surface area contributed by atoms with Gasteiger partial charge in [-0.1, -0.05) is 11.6 Å². The van der Waals surface area contributed by atoms with E-state index in [9.17, 15) is 5.11 Å². The molecule has 1 atom stereocenters. The van der Waals surface area contributed by atoms with Crippen LogP contribution in [-0.4, -0.2) is 31.0 Å². The summed E-state index contributed by atoms with van der Waals surface area (Å²) in [5, 5.41) is 9.84. The van der Waals surface area contributed by atoms with Crippen LogP contribution >= 0.6 is 11.6 Å². The van der Waals surface area contributed by atoms with Crippen LogP contribution in [0.1, 0.15) is 6.92 Å². The fourth-order valence-electron chi connectivity index (χ4n) is 1.12. The Bertz CT molecular complexity index is 333. The smallest absolute Gasteiger partial charge is 0.162 e. The van der Waals surface area contributed by atoms with Crippen molar-refractivity contribution in [1.82, 2.24) is 0 Å². The summed E-state index contributed by atoms with van der Waals surface area (Å²) in [7, 11) is 0. The fourth-order valence-corrected chi connectivity index (χ4v) is 1.29. The van der Waals surface area contributed by atoms with Gasteiger partial charge >= 0.3 is 0 Å².